The van der Waals surface area contributed by atoms with Crippen molar-refractivity contribution in [3.63, 3.8) is 0 Å². The van der Waals surface area contributed by atoms with E-state index in [2.05, 4.69) is 18.7 Å². The van der Waals surface area contributed by atoms with Crippen LogP contribution >= 0.6 is 11.6 Å². The number of benzene rings is 3. The first-order valence-electron chi connectivity index (χ1n) is 12.5. The monoisotopic (exact) mass is 505 g/mol. The first kappa shape index (κ1) is 24.5. The molecule has 0 radical (unpaired) electrons. The number of phenolic OH excluding ortho intramolecular Hbond substituents is 2. The normalized spacial score (nSPS) is 20.7. The number of likely N-dealkylation sites (tertiary alicyclic amines) is 1. The first-order valence-corrected chi connectivity index (χ1v) is 12.8. The Balaban J connectivity index is 1.43. The molecule has 1 fully saturated rings. The molecule has 3 aromatic carbocycles. The average Bonchev–Trinajstić information content (AvgIpc) is 3.30. The Kier molecular flexibility index (Phi) is 6.87. The molecule has 36 heavy (non-hydrogen) atoms. The van der Waals surface area contributed by atoms with Gasteiger partial charge in [0.1, 0.15) is 35.7 Å². The van der Waals surface area contributed by atoms with Gasteiger partial charge < -0.3 is 19.7 Å². The molecular formula is C30H32ClNO4. The summed E-state index contributed by atoms with van der Waals surface area (Å²) in [7, 11) is 0. The third-order valence-corrected chi connectivity index (χ3v) is 7.59. The fraction of sp³-hybridized carbons (Fsp3) is 0.333. The van der Waals surface area contributed by atoms with Gasteiger partial charge in [0, 0.05) is 29.3 Å². The Morgan fingerprint density at radius 1 is 1.03 bits per heavy atom. The van der Waals surface area contributed by atoms with Crippen LogP contribution in [0.4, 0.5) is 0 Å². The maximum absolute atomic E-state index is 10.1. The highest BCUT2D eigenvalue weighted by Crippen LogP contribution is 2.49. The van der Waals surface area contributed by atoms with Gasteiger partial charge in [-0.25, -0.2) is 0 Å². The number of hydrogen-bond donors (Lipinski definition) is 2. The van der Waals surface area contributed by atoms with E-state index in [-0.39, 0.29) is 11.5 Å². The third kappa shape index (κ3) is 4.91. The van der Waals surface area contributed by atoms with Crippen LogP contribution in [0.2, 0.25) is 5.02 Å². The minimum atomic E-state index is -0.414. The van der Waals surface area contributed by atoms with Crippen LogP contribution in [0.5, 0.6) is 23.0 Å². The summed E-state index contributed by atoms with van der Waals surface area (Å²) in [4.78, 5) is 2.49. The van der Waals surface area contributed by atoms with E-state index in [4.69, 9.17) is 21.1 Å². The van der Waals surface area contributed by atoms with Gasteiger partial charge in [0.05, 0.1) is 5.02 Å². The molecule has 0 saturated carbocycles. The van der Waals surface area contributed by atoms with Crippen molar-refractivity contribution in [1.82, 2.24) is 4.90 Å². The summed E-state index contributed by atoms with van der Waals surface area (Å²) in [6, 6.07) is 18.5. The predicted octanol–water partition coefficient (Wildman–Crippen LogP) is 6.92. The van der Waals surface area contributed by atoms with Crippen LogP contribution in [0.1, 0.15) is 50.0 Å². The van der Waals surface area contributed by atoms with Gasteiger partial charge in [-0.2, -0.15) is 0 Å². The zero-order valence-electron chi connectivity index (χ0n) is 20.9. The van der Waals surface area contributed by atoms with Crippen molar-refractivity contribution in [2.24, 2.45) is 5.92 Å². The Morgan fingerprint density at radius 2 is 1.75 bits per heavy atom. The highest BCUT2D eigenvalue weighted by Gasteiger charge is 2.31. The number of nitrogens with zero attached hydrogens (tertiary/aromatic N) is 1. The first-order chi connectivity index (χ1) is 17.3. The van der Waals surface area contributed by atoms with E-state index in [9.17, 15) is 10.2 Å². The Morgan fingerprint density at radius 3 is 2.44 bits per heavy atom. The number of aromatic hydroxyl groups is 2. The standard InChI is InChI=1S/C30H32ClNO4/c1-18-12-13-32(16-18)19(2)17-35-24-8-4-21(5-9-24)30-29(25-10-6-23(34)15-27(25)31)20(3)26-14-22(33)7-11-28(26)36-30/h4-11,14-15,18-19,30,33-34H,12-13,16-17H2,1-3H3/t18-,19+,30?/m1/s1. The van der Waals surface area contributed by atoms with Crippen molar-refractivity contribution in [2.45, 2.75) is 39.3 Å². The van der Waals surface area contributed by atoms with Gasteiger partial charge >= 0.3 is 0 Å². The molecule has 1 unspecified atom stereocenters. The predicted molar refractivity (Wildman–Crippen MR) is 144 cm³/mol. The van der Waals surface area contributed by atoms with Crippen molar-refractivity contribution >= 4 is 22.7 Å². The summed E-state index contributed by atoms with van der Waals surface area (Å²) in [5.41, 5.74) is 4.40. The molecular weight excluding hydrogens is 474 g/mol. The number of halogens is 1. The highest BCUT2D eigenvalue weighted by molar-refractivity contribution is 6.33. The van der Waals surface area contributed by atoms with E-state index in [0.29, 0.717) is 23.4 Å². The SMILES string of the molecule is CC1=C(c2ccc(O)cc2Cl)C(c2ccc(OC[C@H](C)N3CC[C@@H](C)C3)cc2)Oc2ccc(O)cc21. The van der Waals surface area contributed by atoms with Crippen LogP contribution < -0.4 is 9.47 Å². The van der Waals surface area contributed by atoms with Crippen LogP contribution in [-0.4, -0.2) is 40.9 Å². The van der Waals surface area contributed by atoms with Crippen LogP contribution in [0, 0.1) is 5.92 Å². The van der Waals surface area contributed by atoms with Gasteiger partial charge in [0.2, 0.25) is 0 Å². The van der Waals surface area contributed by atoms with Crippen LogP contribution in [-0.2, 0) is 0 Å². The smallest absolute Gasteiger partial charge is 0.150 e. The minimum Gasteiger partial charge on any atom is -0.508 e. The molecule has 2 aliphatic rings. The number of ether oxygens (including phenoxy) is 2. The molecule has 2 aliphatic heterocycles. The fourth-order valence-electron chi connectivity index (χ4n) is 5.17. The number of rotatable bonds is 6. The van der Waals surface area contributed by atoms with E-state index in [1.807, 2.05) is 31.2 Å². The summed E-state index contributed by atoms with van der Waals surface area (Å²) < 4.78 is 12.6. The molecule has 0 aliphatic carbocycles. The second-order valence-corrected chi connectivity index (χ2v) is 10.4. The van der Waals surface area contributed by atoms with E-state index < -0.39 is 6.10 Å². The van der Waals surface area contributed by atoms with Crippen molar-refractivity contribution in [1.29, 1.82) is 0 Å². The van der Waals surface area contributed by atoms with Gasteiger partial charge in [-0.3, -0.25) is 4.90 Å². The lowest BCUT2D eigenvalue weighted by atomic mass is 9.86. The summed E-state index contributed by atoms with van der Waals surface area (Å²) in [6.07, 6.45) is 0.840. The van der Waals surface area contributed by atoms with Crippen molar-refractivity contribution < 1.29 is 19.7 Å². The van der Waals surface area contributed by atoms with Crippen LogP contribution in [0.15, 0.2) is 60.7 Å². The molecule has 2 heterocycles. The van der Waals surface area contributed by atoms with Gasteiger partial charge in [-0.15, -0.1) is 0 Å². The zero-order chi connectivity index (χ0) is 25.4. The maximum Gasteiger partial charge on any atom is 0.150 e. The lowest BCUT2D eigenvalue weighted by Crippen LogP contribution is -2.35. The molecule has 1 saturated heterocycles. The Bertz CT molecular complexity index is 1290. The van der Waals surface area contributed by atoms with Crippen LogP contribution in [0.3, 0.4) is 0 Å². The summed E-state index contributed by atoms with van der Waals surface area (Å²) in [5.74, 6) is 2.55. The Hall–Kier alpha value is -3.15. The average molecular weight is 506 g/mol. The third-order valence-electron chi connectivity index (χ3n) is 7.27. The number of allylic oxidation sites excluding steroid dienone is 1. The topological polar surface area (TPSA) is 62.2 Å². The second kappa shape index (κ2) is 10.1. The molecule has 0 bridgehead atoms. The molecule has 0 spiro atoms. The number of fused-ring (bicyclic) bond motifs is 1. The van der Waals surface area contributed by atoms with Gasteiger partial charge in [0.15, 0.2) is 0 Å². The molecule has 5 nitrogen and oxygen atoms in total. The van der Waals surface area contributed by atoms with E-state index in [1.54, 1.807) is 30.3 Å². The second-order valence-electron chi connectivity index (χ2n) is 10.00. The molecule has 6 heteroatoms. The van der Waals surface area contributed by atoms with E-state index in [0.717, 1.165) is 52.6 Å². The molecule has 5 rings (SSSR count). The Labute approximate surface area is 217 Å². The fourth-order valence-corrected chi connectivity index (χ4v) is 5.45. The minimum absolute atomic E-state index is 0.104. The lowest BCUT2D eigenvalue weighted by molar-refractivity contribution is 0.169. The largest absolute Gasteiger partial charge is 0.508 e. The van der Waals surface area contributed by atoms with Gasteiger partial charge in [-0.1, -0.05) is 30.7 Å². The summed E-state index contributed by atoms with van der Waals surface area (Å²) >= 11 is 6.58. The van der Waals surface area contributed by atoms with E-state index in [1.165, 1.54) is 12.5 Å². The molecule has 2 N–H and O–H groups in total. The molecule has 0 amide bonds. The van der Waals surface area contributed by atoms with Crippen molar-refractivity contribution in [3.8, 4) is 23.0 Å². The lowest BCUT2D eigenvalue weighted by Gasteiger charge is -2.31. The summed E-state index contributed by atoms with van der Waals surface area (Å²) in [6.45, 7) is 9.45. The zero-order valence-corrected chi connectivity index (χ0v) is 21.6. The van der Waals surface area contributed by atoms with Gasteiger partial charge in [-0.05, 0) is 92.4 Å². The van der Waals surface area contributed by atoms with Crippen molar-refractivity contribution in [2.75, 3.05) is 19.7 Å². The number of hydrogen-bond acceptors (Lipinski definition) is 5. The molecule has 188 valence electrons. The van der Waals surface area contributed by atoms with Crippen molar-refractivity contribution in [3.05, 3.63) is 82.4 Å². The summed E-state index contributed by atoms with van der Waals surface area (Å²) in [5, 5.41) is 20.4. The molecule has 3 aromatic rings. The molecule has 3 atom stereocenters. The van der Waals surface area contributed by atoms with Crippen LogP contribution in [0.25, 0.3) is 11.1 Å². The van der Waals surface area contributed by atoms with E-state index >= 15 is 0 Å². The quantitative estimate of drug-likeness (QED) is 0.380. The highest BCUT2D eigenvalue weighted by atomic mass is 35.5. The maximum atomic E-state index is 10.1. The van der Waals surface area contributed by atoms with Gasteiger partial charge in [0.25, 0.3) is 0 Å². The molecule has 0 aromatic heterocycles. The number of phenols is 2.